The first kappa shape index (κ1) is 19.1. The van der Waals surface area contributed by atoms with E-state index in [1.165, 1.54) is 13.1 Å². The molecule has 0 unspecified atom stereocenters. The van der Waals surface area contributed by atoms with E-state index >= 15 is 0 Å². The monoisotopic (exact) mass is 434 g/mol. The Kier molecular flexibility index (Phi) is 6.25. The second kappa shape index (κ2) is 8.83. The third-order valence-corrected chi connectivity index (χ3v) is 4.38. The van der Waals surface area contributed by atoms with Gasteiger partial charge in [0.05, 0.1) is 23.9 Å². The van der Waals surface area contributed by atoms with Gasteiger partial charge in [-0.15, -0.1) is 0 Å². The summed E-state index contributed by atoms with van der Waals surface area (Å²) >= 11 is 3.48. The number of nitrogens with zero attached hydrogens (tertiary/aromatic N) is 2. The first-order valence-corrected chi connectivity index (χ1v) is 9.15. The second-order valence-electron chi connectivity index (χ2n) is 5.86. The van der Waals surface area contributed by atoms with Crippen molar-refractivity contribution in [1.29, 1.82) is 0 Å². The van der Waals surface area contributed by atoms with Crippen molar-refractivity contribution >= 4 is 45.5 Å². The van der Waals surface area contributed by atoms with E-state index in [4.69, 9.17) is 9.15 Å². The minimum absolute atomic E-state index is 0.169. The molecular weight excluding hydrogens is 416 g/mol. The van der Waals surface area contributed by atoms with E-state index in [1.54, 1.807) is 30.3 Å². The molecule has 0 atom stereocenters. The number of ether oxygens (including phenoxy) is 1. The van der Waals surface area contributed by atoms with Gasteiger partial charge in [-0.1, -0.05) is 0 Å². The second-order valence-corrected chi connectivity index (χ2v) is 6.71. The Hall–Kier alpha value is -2.65. The minimum atomic E-state index is -0.361. The number of amides is 2. The summed E-state index contributed by atoms with van der Waals surface area (Å²) < 4.78 is 11.9. The summed E-state index contributed by atoms with van der Waals surface area (Å²) in [5.41, 5.74) is 3.50. The number of hydrazone groups is 1. The highest BCUT2D eigenvalue weighted by atomic mass is 79.9. The van der Waals surface area contributed by atoms with Crippen LogP contribution in [-0.2, 0) is 9.53 Å². The molecule has 1 saturated heterocycles. The van der Waals surface area contributed by atoms with Crippen LogP contribution in [0.3, 0.4) is 0 Å². The van der Waals surface area contributed by atoms with Crippen LogP contribution in [0.5, 0.6) is 0 Å². The highest BCUT2D eigenvalue weighted by molar-refractivity contribution is 9.10. The normalized spacial score (nSPS) is 14.4. The number of nitrogens with one attached hydrogen (secondary N) is 2. The summed E-state index contributed by atoms with van der Waals surface area (Å²) in [7, 11) is 0. The molecule has 0 radical (unpaired) electrons. The van der Waals surface area contributed by atoms with Gasteiger partial charge in [0.2, 0.25) is 11.8 Å². The number of halogens is 1. The number of carbonyl (C=O) groups excluding carboxylic acids is 2. The van der Waals surface area contributed by atoms with Crippen molar-refractivity contribution in [2.45, 2.75) is 6.92 Å². The van der Waals surface area contributed by atoms with Crippen LogP contribution in [0.15, 0.2) is 44.3 Å². The molecule has 1 aliphatic rings. The van der Waals surface area contributed by atoms with Crippen LogP contribution in [0.25, 0.3) is 0 Å². The molecule has 27 heavy (non-hydrogen) atoms. The Bertz CT molecular complexity index is 842. The molecule has 8 nitrogen and oxygen atoms in total. The Morgan fingerprint density at radius 3 is 2.59 bits per heavy atom. The molecule has 2 aromatic rings. The maximum Gasteiger partial charge on any atom is 0.271 e. The number of furan rings is 1. The van der Waals surface area contributed by atoms with Gasteiger partial charge >= 0.3 is 0 Å². The Balaban J connectivity index is 1.58. The van der Waals surface area contributed by atoms with Crippen molar-refractivity contribution in [3.63, 3.8) is 0 Å². The van der Waals surface area contributed by atoms with E-state index in [1.807, 2.05) is 0 Å². The molecule has 1 aliphatic heterocycles. The van der Waals surface area contributed by atoms with E-state index in [9.17, 15) is 9.59 Å². The van der Waals surface area contributed by atoms with Gasteiger partial charge in [0.1, 0.15) is 0 Å². The van der Waals surface area contributed by atoms with E-state index in [2.05, 4.69) is 36.7 Å². The molecule has 2 amide bonds. The van der Waals surface area contributed by atoms with Crippen LogP contribution in [-0.4, -0.2) is 44.3 Å². The fraction of sp³-hybridized carbons (Fsp3) is 0.278. The molecular formula is C18H19BrN4O4. The van der Waals surface area contributed by atoms with Gasteiger partial charge in [-0.05, 0) is 40.2 Å². The number of benzene rings is 1. The summed E-state index contributed by atoms with van der Waals surface area (Å²) in [5, 5.41) is 6.58. The molecule has 0 bridgehead atoms. The Labute approximate surface area is 164 Å². The third-order valence-electron chi connectivity index (χ3n) is 3.81. The summed E-state index contributed by atoms with van der Waals surface area (Å²) in [6, 6.07) is 8.31. The number of anilines is 2. The van der Waals surface area contributed by atoms with Gasteiger partial charge in [-0.2, -0.15) is 5.10 Å². The molecule has 142 valence electrons. The van der Waals surface area contributed by atoms with Crippen LogP contribution in [0.1, 0.15) is 23.0 Å². The van der Waals surface area contributed by atoms with E-state index in [0.717, 1.165) is 23.4 Å². The predicted octanol–water partition coefficient (Wildman–Crippen LogP) is 2.60. The Morgan fingerprint density at radius 1 is 1.22 bits per heavy atom. The number of carbonyl (C=O) groups is 2. The fourth-order valence-electron chi connectivity index (χ4n) is 2.55. The molecule has 3 rings (SSSR count). The summed E-state index contributed by atoms with van der Waals surface area (Å²) in [6.07, 6.45) is 1.44. The van der Waals surface area contributed by atoms with Crippen molar-refractivity contribution in [1.82, 2.24) is 5.43 Å². The maximum absolute atomic E-state index is 12.1. The summed E-state index contributed by atoms with van der Waals surface area (Å²) in [5.74, 6) is 0.710. The average Bonchev–Trinajstić information content (AvgIpc) is 3.03. The number of hydrogen-bond donors (Lipinski definition) is 2. The van der Waals surface area contributed by atoms with Crippen molar-refractivity contribution in [2.75, 3.05) is 36.5 Å². The quantitative estimate of drug-likeness (QED) is 0.556. The van der Waals surface area contributed by atoms with Crippen molar-refractivity contribution in [3.8, 4) is 0 Å². The molecule has 0 aliphatic carbocycles. The molecule has 1 fully saturated rings. The largest absolute Gasteiger partial charge is 0.438 e. The first-order valence-electron chi connectivity index (χ1n) is 8.36. The smallest absolute Gasteiger partial charge is 0.271 e. The van der Waals surface area contributed by atoms with Gasteiger partial charge in [-0.25, -0.2) is 5.43 Å². The lowest BCUT2D eigenvalue weighted by Crippen LogP contribution is -2.36. The lowest BCUT2D eigenvalue weighted by molar-refractivity contribution is -0.114. The van der Waals surface area contributed by atoms with E-state index in [0.29, 0.717) is 30.2 Å². The van der Waals surface area contributed by atoms with E-state index in [-0.39, 0.29) is 11.8 Å². The van der Waals surface area contributed by atoms with Crippen LogP contribution >= 0.6 is 15.9 Å². The van der Waals surface area contributed by atoms with Gasteiger partial charge in [0, 0.05) is 37.3 Å². The zero-order chi connectivity index (χ0) is 19.2. The van der Waals surface area contributed by atoms with Crippen molar-refractivity contribution in [2.24, 2.45) is 5.10 Å². The molecule has 2 heterocycles. The molecule has 0 saturated carbocycles. The lowest BCUT2D eigenvalue weighted by Gasteiger charge is -2.26. The van der Waals surface area contributed by atoms with Crippen LogP contribution < -0.4 is 15.6 Å². The SMILES string of the molecule is CC(=O)Nc1ccc(C(=O)N/N=C\c2cc(Br)c(N3CCOCC3)o2)cc1. The van der Waals surface area contributed by atoms with E-state index < -0.39 is 0 Å². The van der Waals surface area contributed by atoms with Crippen LogP contribution in [0.4, 0.5) is 11.6 Å². The minimum Gasteiger partial charge on any atom is -0.438 e. The number of morpholine rings is 1. The van der Waals surface area contributed by atoms with Gasteiger partial charge in [0.25, 0.3) is 5.91 Å². The van der Waals surface area contributed by atoms with Crippen LogP contribution in [0.2, 0.25) is 0 Å². The number of hydrogen-bond acceptors (Lipinski definition) is 6. The van der Waals surface area contributed by atoms with Crippen molar-refractivity contribution < 1.29 is 18.7 Å². The van der Waals surface area contributed by atoms with Crippen molar-refractivity contribution in [3.05, 3.63) is 46.1 Å². The molecule has 1 aromatic carbocycles. The predicted molar refractivity (Wildman–Crippen MR) is 105 cm³/mol. The molecule has 0 spiro atoms. The van der Waals surface area contributed by atoms with Gasteiger partial charge in [-0.3, -0.25) is 9.59 Å². The number of rotatable bonds is 5. The zero-order valence-electron chi connectivity index (χ0n) is 14.7. The highest BCUT2D eigenvalue weighted by Crippen LogP contribution is 2.30. The van der Waals surface area contributed by atoms with Gasteiger partial charge in [0.15, 0.2) is 5.76 Å². The standard InChI is InChI=1S/C18H19BrN4O4/c1-12(24)21-14-4-2-13(3-5-14)17(25)22-20-11-15-10-16(19)18(27-15)23-6-8-26-9-7-23/h2-5,10-11H,6-9H2,1H3,(H,21,24)(H,22,25)/b20-11-. The van der Waals surface area contributed by atoms with Crippen LogP contribution in [0, 0.1) is 0 Å². The zero-order valence-corrected chi connectivity index (χ0v) is 16.3. The third kappa shape index (κ3) is 5.18. The lowest BCUT2D eigenvalue weighted by atomic mass is 10.2. The van der Waals surface area contributed by atoms with Gasteiger partial charge < -0.3 is 19.4 Å². The summed E-state index contributed by atoms with van der Waals surface area (Å²) in [6.45, 7) is 4.26. The first-order chi connectivity index (χ1) is 13.0. The average molecular weight is 435 g/mol. The fourth-order valence-corrected chi connectivity index (χ4v) is 3.11. The molecule has 1 aromatic heterocycles. The Morgan fingerprint density at radius 2 is 1.93 bits per heavy atom. The summed E-state index contributed by atoms with van der Waals surface area (Å²) in [4.78, 5) is 25.2. The highest BCUT2D eigenvalue weighted by Gasteiger charge is 2.18. The maximum atomic E-state index is 12.1. The molecule has 2 N–H and O–H groups in total. The topological polar surface area (TPSA) is 96.2 Å². The molecule has 9 heteroatoms.